The Kier molecular flexibility index (Phi) is 4.70. The van der Waals surface area contributed by atoms with Crippen LogP contribution in [0.2, 0.25) is 0 Å². The van der Waals surface area contributed by atoms with Gasteiger partial charge in [0, 0.05) is 13.1 Å². The number of aromatic nitrogens is 3. The van der Waals surface area contributed by atoms with E-state index in [-0.39, 0.29) is 5.91 Å². The summed E-state index contributed by atoms with van der Waals surface area (Å²) < 4.78 is 0. The number of carbonyl (C=O) groups is 1. The third kappa shape index (κ3) is 3.35. The SMILES string of the molecule is CCN(Cc1ccccc1)C(=O)c1nn(-c2ccccc2)nc1C. The molecule has 0 spiro atoms. The quantitative estimate of drug-likeness (QED) is 0.725. The average molecular weight is 320 g/mol. The normalized spacial score (nSPS) is 10.6. The number of hydrogen-bond acceptors (Lipinski definition) is 3. The lowest BCUT2D eigenvalue weighted by Gasteiger charge is -2.20. The Balaban J connectivity index is 1.85. The molecule has 0 aliphatic heterocycles. The summed E-state index contributed by atoms with van der Waals surface area (Å²) in [4.78, 5) is 16.1. The second kappa shape index (κ2) is 7.08. The maximum absolute atomic E-state index is 12.9. The van der Waals surface area contributed by atoms with Crippen LogP contribution in [0.15, 0.2) is 60.7 Å². The maximum atomic E-state index is 12.9. The van der Waals surface area contributed by atoms with Crippen molar-refractivity contribution in [2.45, 2.75) is 20.4 Å². The first kappa shape index (κ1) is 15.9. The van der Waals surface area contributed by atoms with E-state index in [0.29, 0.717) is 24.5 Å². The van der Waals surface area contributed by atoms with E-state index in [1.165, 1.54) is 4.80 Å². The van der Waals surface area contributed by atoms with Crippen molar-refractivity contribution in [3.63, 3.8) is 0 Å². The molecule has 0 aliphatic carbocycles. The van der Waals surface area contributed by atoms with E-state index >= 15 is 0 Å². The van der Waals surface area contributed by atoms with Crippen LogP contribution in [0.25, 0.3) is 5.69 Å². The van der Waals surface area contributed by atoms with Gasteiger partial charge in [0.15, 0.2) is 5.69 Å². The molecule has 1 amide bonds. The van der Waals surface area contributed by atoms with Gasteiger partial charge in [-0.1, -0.05) is 48.5 Å². The van der Waals surface area contributed by atoms with Crippen LogP contribution in [0.3, 0.4) is 0 Å². The number of hydrogen-bond donors (Lipinski definition) is 0. The molecule has 0 saturated carbocycles. The highest BCUT2D eigenvalue weighted by Gasteiger charge is 2.21. The lowest BCUT2D eigenvalue weighted by atomic mass is 10.2. The van der Waals surface area contributed by atoms with Crippen LogP contribution < -0.4 is 0 Å². The summed E-state index contributed by atoms with van der Waals surface area (Å²) in [5.74, 6) is -0.0963. The minimum Gasteiger partial charge on any atom is -0.333 e. The molecule has 3 aromatic rings. The highest BCUT2D eigenvalue weighted by molar-refractivity contribution is 5.93. The maximum Gasteiger partial charge on any atom is 0.276 e. The number of nitrogens with zero attached hydrogens (tertiary/aromatic N) is 4. The molecule has 0 radical (unpaired) electrons. The fourth-order valence-corrected chi connectivity index (χ4v) is 2.53. The van der Waals surface area contributed by atoms with Gasteiger partial charge in [-0.25, -0.2) is 0 Å². The van der Waals surface area contributed by atoms with E-state index in [1.54, 1.807) is 4.90 Å². The van der Waals surface area contributed by atoms with Crippen molar-refractivity contribution in [1.82, 2.24) is 19.9 Å². The molecular weight excluding hydrogens is 300 g/mol. The first-order valence-corrected chi connectivity index (χ1v) is 8.01. The summed E-state index contributed by atoms with van der Waals surface area (Å²) in [6.07, 6.45) is 0. The van der Waals surface area contributed by atoms with Crippen LogP contribution in [-0.4, -0.2) is 32.3 Å². The van der Waals surface area contributed by atoms with Gasteiger partial charge >= 0.3 is 0 Å². The summed E-state index contributed by atoms with van der Waals surface area (Å²) in [5, 5.41) is 8.79. The molecule has 5 nitrogen and oxygen atoms in total. The van der Waals surface area contributed by atoms with Crippen LogP contribution in [0, 0.1) is 6.92 Å². The van der Waals surface area contributed by atoms with Crippen molar-refractivity contribution < 1.29 is 4.79 Å². The van der Waals surface area contributed by atoms with Gasteiger partial charge in [0.05, 0.1) is 11.4 Å². The minimum absolute atomic E-state index is 0.0963. The zero-order chi connectivity index (χ0) is 16.9. The van der Waals surface area contributed by atoms with Gasteiger partial charge in [0.1, 0.15) is 0 Å². The van der Waals surface area contributed by atoms with E-state index in [0.717, 1.165) is 11.3 Å². The van der Waals surface area contributed by atoms with Gasteiger partial charge in [-0.3, -0.25) is 4.79 Å². The van der Waals surface area contributed by atoms with Crippen molar-refractivity contribution in [2.24, 2.45) is 0 Å². The van der Waals surface area contributed by atoms with Gasteiger partial charge in [-0.15, -0.1) is 5.10 Å². The molecule has 5 heteroatoms. The van der Waals surface area contributed by atoms with Crippen LogP contribution >= 0.6 is 0 Å². The number of carbonyl (C=O) groups excluding carboxylic acids is 1. The number of para-hydroxylation sites is 1. The lowest BCUT2D eigenvalue weighted by molar-refractivity contribution is 0.0745. The molecule has 0 N–H and O–H groups in total. The first-order chi connectivity index (χ1) is 11.7. The van der Waals surface area contributed by atoms with Crippen molar-refractivity contribution >= 4 is 5.91 Å². The average Bonchev–Trinajstić information content (AvgIpc) is 3.02. The zero-order valence-corrected chi connectivity index (χ0v) is 13.9. The van der Waals surface area contributed by atoms with Crippen LogP contribution in [0.5, 0.6) is 0 Å². The third-order valence-corrected chi connectivity index (χ3v) is 3.86. The monoisotopic (exact) mass is 320 g/mol. The molecule has 0 bridgehead atoms. The summed E-state index contributed by atoms with van der Waals surface area (Å²) in [5.41, 5.74) is 2.97. The molecule has 0 saturated heterocycles. The van der Waals surface area contributed by atoms with E-state index in [4.69, 9.17) is 0 Å². The minimum atomic E-state index is -0.0963. The van der Waals surface area contributed by atoms with Crippen LogP contribution in [-0.2, 0) is 6.54 Å². The summed E-state index contributed by atoms with van der Waals surface area (Å²) in [6.45, 7) is 4.97. The Morgan fingerprint density at radius 1 is 1.00 bits per heavy atom. The van der Waals surface area contributed by atoms with Crippen molar-refractivity contribution in [1.29, 1.82) is 0 Å². The van der Waals surface area contributed by atoms with Crippen molar-refractivity contribution in [2.75, 3.05) is 6.54 Å². The Morgan fingerprint density at radius 2 is 1.62 bits per heavy atom. The molecular formula is C19H20N4O. The number of rotatable bonds is 5. The Bertz CT molecular complexity index is 812. The second-order valence-corrected chi connectivity index (χ2v) is 5.56. The summed E-state index contributed by atoms with van der Waals surface area (Å²) >= 11 is 0. The third-order valence-electron chi connectivity index (χ3n) is 3.86. The van der Waals surface area contributed by atoms with E-state index in [1.807, 2.05) is 74.5 Å². The fraction of sp³-hybridized carbons (Fsp3) is 0.211. The zero-order valence-electron chi connectivity index (χ0n) is 13.9. The van der Waals surface area contributed by atoms with Gasteiger partial charge in [-0.05, 0) is 31.5 Å². The number of aryl methyl sites for hydroxylation is 1. The van der Waals surface area contributed by atoms with Gasteiger partial charge in [0.25, 0.3) is 5.91 Å². The van der Waals surface area contributed by atoms with E-state index < -0.39 is 0 Å². The molecule has 1 aromatic heterocycles. The molecule has 0 unspecified atom stereocenters. The Hall–Kier alpha value is -2.95. The molecule has 2 aromatic carbocycles. The van der Waals surface area contributed by atoms with Crippen molar-refractivity contribution in [3.05, 3.63) is 77.6 Å². The summed E-state index contributed by atoms with van der Waals surface area (Å²) in [7, 11) is 0. The molecule has 24 heavy (non-hydrogen) atoms. The predicted octanol–water partition coefficient (Wildman–Crippen LogP) is 3.24. The highest BCUT2D eigenvalue weighted by Crippen LogP contribution is 2.13. The van der Waals surface area contributed by atoms with Gasteiger partial charge < -0.3 is 4.90 Å². The molecule has 3 rings (SSSR count). The highest BCUT2D eigenvalue weighted by atomic mass is 16.2. The Morgan fingerprint density at radius 3 is 2.25 bits per heavy atom. The molecule has 1 heterocycles. The van der Waals surface area contributed by atoms with Gasteiger partial charge in [0.2, 0.25) is 0 Å². The lowest BCUT2D eigenvalue weighted by Crippen LogP contribution is -2.31. The van der Waals surface area contributed by atoms with Crippen LogP contribution in [0.1, 0.15) is 28.7 Å². The molecule has 0 aliphatic rings. The second-order valence-electron chi connectivity index (χ2n) is 5.56. The standard InChI is InChI=1S/C19H20N4O/c1-3-22(14-16-10-6-4-7-11-16)19(24)18-15(2)20-23(21-18)17-12-8-5-9-13-17/h4-13H,3,14H2,1-2H3. The van der Waals surface area contributed by atoms with E-state index in [2.05, 4.69) is 10.2 Å². The smallest absolute Gasteiger partial charge is 0.276 e. The van der Waals surface area contributed by atoms with Gasteiger partial charge in [-0.2, -0.15) is 9.90 Å². The van der Waals surface area contributed by atoms with Crippen LogP contribution in [0.4, 0.5) is 0 Å². The molecule has 122 valence electrons. The molecule has 0 fully saturated rings. The number of amides is 1. The van der Waals surface area contributed by atoms with E-state index in [9.17, 15) is 4.79 Å². The predicted molar refractivity (Wildman–Crippen MR) is 93.0 cm³/mol. The van der Waals surface area contributed by atoms with Crippen molar-refractivity contribution in [3.8, 4) is 5.69 Å². The number of benzene rings is 2. The topological polar surface area (TPSA) is 51.0 Å². The largest absolute Gasteiger partial charge is 0.333 e. The first-order valence-electron chi connectivity index (χ1n) is 8.01. The Labute approximate surface area is 141 Å². The summed E-state index contributed by atoms with van der Waals surface area (Å²) in [6, 6.07) is 19.6. The fourth-order valence-electron chi connectivity index (χ4n) is 2.53. The molecule has 0 atom stereocenters.